The van der Waals surface area contributed by atoms with Crippen LogP contribution in [0.15, 0.2) is 29.3 Å². The van der Waals surface area contributed by atoms with Crippen LogP contribution in [0.1, 0.15) is 37.7 Å². The molecule has 1 saturated heterocycles. The maximum atomic E-state index is 6.00. The number of rotatable bonds is 7. The molecule has 0 aromatic heterocycles. The van der Waals surface area contributed by atoms with Crippen molar-refractivity contribution < 1.29 is 4.74 Å². The lowest BCUT2D eigenvalue weighted by molar-refractivity contribution is 0.185. The monoisotopic (exact) mass is 446 g/mol. The van der Waals surface area contributed by atoms with Gasteiger partial charge in [-0.1, -0.05) is 31.0 Å². The number of nitrogens with one attached hydrogen (secondary N) is 1. The van der Waals surface area contributed by atoms with Gasteiger partial charge in [0.15, 0.2) is 5.96 Å². The number of anilines is 1. The minimum Gasteiger partial charge on any atom is -0.380 e. The number of hydrogen-bond donors (Lipinski definition) is 2. The summed E-state index contributed by atoms with van der Waals surface area (Å²) in [4.78, 5) is 7.00. The van der Waals surface area contributed by atoms with Gasteiger partial charge in [0.2, 0.25) is 0 Å². The van der Waals surface area contributed by atoms with E-state index in [-0.39, 0.29) is 24.0 Å². The van der Waals surface area contributed by atoms with Gasteiger partial charge in [-0.3, -0.25) is 4.99 Å². The quantitative estimate of drug-likeness (QED) is 0.292. The molecule has 3 N–H and O–H groups in total. The Morgan fingerprint density at radius 2 is 1.92 bits per heavy atom. The summed E-state index contributed by atoms with van der Waals surface area (Å²) >= 11 is 0. The number of hydrogen-bond acceptors (Lipinski definition) is 3. The predicted octanol–water partition coefficient (Wildman–Crippen LogP) is 3.44. The molecule has 0 amide bonds. The van der Waals surface area contributed by atoms with E-state index in [0.717, 1.165) is 30.8 Å². The van der Waals surface area contributed by atoms with Gasteiger partial charge in [-0.15, -0.1) is 24.0 Å². The minimum atomic E-state index is 0. The van der Waals surface area contributed by atoms with E-state index in [2.05, 4.69) is 15.2 Å². The molecule has 0 unspecified atom stereocenters. The zero-order valence-corrected chi connectivity index (χ0v) is 17.0. The van der Waals surface area contributed by atoms with Gasteiger partial charge >= 0.3 is 0 Å². The van der Waals surface area contributed by atoms with Crippen molar-refractivity contribution in [2.45, 2.75) is 38.7 Å². The normalized spacial score (nSPS) is 16.3. The second-order valence-corrected chi connectivity index (χ2v) is 6.09. The van der Waals surface area contributed by atoms with Crippen LogP contribution in [0, 0.1) is 0 Å². The van der Waals surface area contributed by atoms with Crippen LogP contribution in [0.25, 0.3) is 0 Å². The molecule has 5 nitrogen and oxygen atoms in total. The van der Waals surface area contributed by atoms with Crippen molar-refractivity contribution >= 4 is 35.6 Å². The highest BCUT2D eigenvalue weighted by molar-refractivity contribution is 14.0. The zero-order chi connectivity index (χ0) is 16.3. The van der Waals surface area contributed by atoms with Gasteiger partial charge in [0, 0.05) is 24.9 Å². The molecule has 1 aromatic rings. The smallest absolute Gasteiger partial charge is 0.193 e. The number of nitrogens with two attached hydrogens (primary N) is 1. The first-order chi connectivity index (χ1) is 11.3. The zero-order valence-electron chi connectivity index (χ0n) is 14.7. The topological polar surface area (TPSA) is 62.9 Å². The number of guanidine groups is 1. The molecule has 1 fully saturated rings. The van der Waals surface area contributed by atoms with Crippen molar-refractivity contribution in [3.8, 4) is 0 Å². The van der Waals surface area contributed by atoms with E-state index >= 15 is 0 Å². The van der Waals surface area contributed by atoms with E-state index in [9.17, 15) is 0 Å². The van der Waals surface area contributed by atoms with Crippen LogP contribution in [0.2, 0.25) is 0 Å². The van der Waals surface area contributed by atoms with Gasteiger partial charge in [-0.2, -0.15) is 0 Å². The van der Waals surface area contributed by atoms with E-state index in [1.165, 1.54) is 38.8 Å². The lowest BCUT2D eigenvalue weighted by Gasteiger charge is -2.18. The fraction of sp³-hybridized carbons (Fsp3) is 0.611. The summed E-state index contributed by atoms with van der Waals surface area (Å²) in [6.07, 6.45) is 6.49. The molecule has 0 bridgehead atoms. The molecule has 1 aromatic carbocycles. The molecular weight excluding hydrogens is 415 g/mol. The summed E-state index contributed by atoms with van der Waals surface area (Å²) in [6.45, 7) is 4.92. The number of methoxy groups -OCH3 is 1. The third kappa shape index (κ3) is 7.81. The Balaban J connectivity index is 0.00000288. The first kappa shape index (κ1) is 21.2. The van der Waals surface area contributed by atoms with Crippen molar-refractivity contribution in [2.24, 2.45) is 10.7 Å². The molecule has 1 heterocycles. The highest BCUT2D eigenvalue weighted by atomic mass is 127. The average Bonchev–Trinajstić information content (AvgIpc) is 2.82. The number of aliphatic imine (C=N–C) groups is 1. The number of halogens is 1. The van der Waals surface area contributed by atoms with E-state index < -0.39 is 0 Å². The molecule has 1 aliphatic rings. The first-order valence-corrected chi connectivity index (χ1v) is 8.66. The molecule has 0 spiro atoms. The van der Waals surface area contributed by atoms with Gasteiger partial charge in [0.1, 0.15) is 0 Å². The molecule has 1 aliphatic heterocycles. The lowest BCUT2D eigenvalue weighted by atomic mass is 10.2. The molecule has 0 saturated carbocycles. The molecule has 136 valence electrons. The van der Waals surface area contributed by atoms with Gasteiger partial charge < -0.3 is 20.7 Å². The van der Waals surface area contributed by atoms with Crippen molar-refractivity contribution in [1.82, 2.24) is 4.90 Å². The Morgan fingerprint density at radius 3 is 2.62 bits per heavy atom. The van der Waals surface area contributed by atoms with Crippen molar-refractivity contribution in [3.05, 3.63) is 29.8 Å². The first-order valence-electron chi connectivity index (χ1n) is 8.66. The Morgan fingerprint density at radius 1 is 1.21 bits per heavy atom. The number of para-hydroxylation sites is 1. The molecule has 24 heavy (non-hydrogen) atoms. The van der Waals surface area contributed by atoms with Gasteiger partial charge in [-0.05, 0) is 45.0 Å². The van der Waals surface area contributed by atoms with E-state index in [0.29, 0.717) is 12.6 Å². The van der Waals surface area contributed by atoms with Crippen LogP contribution in [-0.4, -0.2) is 44.1 Å². The molecule has 6 heteroatoms. The van der Waals surface area contributed by atoms with E-state index in [4.69, 9.17) is 10.5 Å². The summed E-state index contributed by atoms with van der Waals surface area (Å²) in [7, 11) is 1.69. The van der Waals surface area contributed by atoms with Crippen LogP contribution in [0.3, 0.4) is 0 Å². The number of likely N-dealkylation sites (tertiary alicyclic amines) is 1. The van der Waals surface area contributed by atoms with Gasteiger partial charge in [0.25, 0.3) is 0 Å². The summed E-state index contributed by atoms with van der Waals surface area (Å²) in [5.41, 5.74) is 8.04. The van der Waals surface area contributed by atoms with E-state index in [1.54, 1.807) is 7.11 Å². The average molecular weight is 446 g/mol. The fourth-order valence-electron chi connectivity index (χ4n) is 2.95. The SMILES string of the molecule is COCc1ccccc1NC(N)=NCCCN1CCCCCC1.I. The lowest BCUT2D eigenvalue weighted by Crippen LogP contribution is -2.27. The second-order valence-electron chi connectivity index (χ2n) is 6.09. The van der Waals surface area contributed by atoms with Crippen LogP contribution in [0.5, 0.6) is 0 Å². The molecule has 0 radical (unpaired) electrons. The highest BCUT2D eigenvalue weighted by Gasteiger charge is 2.08. The minimum absolute atomic E-state index is 0. The van der Waals surface area contributed by atoms with Gasteiger partial charge in [-0.25, -0.2) is 0 Å². The summed E-state index contributed by atoms with van der Waals surface area (Å²) < 4.78 is 5.20. The van der Waals surface area contributed by atoms with Crippen molar-refractivity contribution in [3.63, 3.8) is 0 Å². The molecule has 2 rings (SSSR count). The summed E-state index contributed by atoms with van der Waals surface area (Å²) in [5.74, 6) is 0.476. The number of ether oxygens (including phenoxy) is 1. The van der Waals surface area contributed by atoms with Crippen LogP contribution < -0.4 is 11.1 Å². The summed E-state index contributed by atoms with van der Waals surface area (Å²) in [6, 6.07) is 7.99. The number of nitrogens with zero attached hydrogens (tertiary/aromatic N) is 2. The number of benzene rings is 1. The third-order valence-corrected chi connectivity index (χ3v) is 4.19. The largest absolute Gasteiger partial charge is 0.380 e. The Bertz CT molecular complexity index is 488. The summed E-state index contributed by atoms with van der Waals surface area (Å²) in [5, 5.41) is 3.18. The molecule has 0 aliphatic carbocycles. The van der Waals surface area contributed by atoms with Crippen LogP contribution in [-0.2, 0) is 11.3 Å². The van der Waals surface area contributed by atoms with Crippen LogP contribution in [0.4, 0.5) is 5.69 Å². The Kier molecular flexibility index (Phi) is 11.0. The van der Waals surface area contributed by atoms with E-state index in [1.807, 2.05) is 24.3 Å². The maximum absolute atomic E-state index is 6.00. The molecular formula is C18H31IN4O. The molecule has 0 atom stereocenters. The third-order valence-electron chi connectivity index (χ3n) is 4.19. The predicted molar refractivity (Wildman–Crippen MR) is 112 cm³/mol. The van der Waals surface area contributed by atoms with Crippen molar-refractivity contribution in [2.75, 3.05) is 38.6 Å². The van der Waals surface area contributed by atoms with Gasteiger partial charge in [0.05, 0.1) is 6.61 Å². The fourth-order valence-corrected chi connectivity index (χ4v) is 2.95. The maximum Gasteiger partial charge on any atom is 0.193 e. The van der Waals surface area contributed by atoms with Crippen molar-refractivity contribution in [1.29, 1.82) is 0 Å². The standard InChI is InChI=1S/C18H30N4O.HI/c1-23-15-16-9-4-5-10-17(16)21-18(19)20-11-8-14-22-12-6-2-3-7-13-22;/h4-5,9-10H,2-3,6-8,11-15H2,1H3,(H3,19,20,21);1H. The highest BCUT2D eigenvalue weighted by Crippen LogP contribution is 2.15. The Labute approximate surface area is 163 Å². The Hall–Kier alpha value is -0.860. The van der Waals surface area contributed by atoms with Crippen LogP contribution >= 0.6 is 24.0 Å². The second kappa shape index (κ2) is 12.5.